The number of carbonyl (C=O) groups is 1. The fourth-order valence-electron chi connectivity index (χ4n) is 3.48. The van der Waals surface area contributed by atoms with E-state index >= 15 is 0 Å². The summed E-state index contributed by atoms with van der Waals surface area (Å²) in [6.45, 7) is 10.9. The first-order valence-corrected chi connectivity index (χ1v) is 9.16. The average Bonchev–Trinajstić information content (AvgIpc) is 2.97. The van der Waals surface area contributed by atoms with Crippen molar-refractivity contribution in [2.75, 3.05) is 26.3 Å². The van der Waals surface area contributed by atoms with Crippen LogP contribution < -0.4 is 5.32 Å². The first-order chi connectivity index (χ1) is 10.8. The predicted molar refractivity (Wildman–Crippen MR) is 91.6 cm³/mol. The molecular weight excluding hydrogens is 292 g/mol. The van der Waals surface area contributed by atoms with Crippen LogP contribution in [0.2, 0.25) is 0 Å². The fraction of sp³-hybridized carbons (Fsp3) is 0.944. The molecule has 1 heterocycles. The van der Waals surface area contributed by atoms with E-state index in [0.717, 1.165) is 18.9 Å². The summed E-state index contributed by atoms with van der Waals surface area (Å²) in [5.41, 5.74) is -0.452. The van der Waals surface area contributed by atoms with Crippen molar-refractivity contribution in [1.29, 1.82) is 0 Å². The lowest BCUT2D eigenvalue weighted by Crippen LogP contribution is -2.52. The molecule has 0 aromatic carbocycles. The van der Waals surface area contributed by atoms with Gasteiger partial charge in [-0.15, -0.1) is 0 Å². The highest BCUT2D eigenvalue weighted by Gasteiger charge is 2.32. The second kappa shape index (κ2) is 8.34. The molecule has 2 atom stereocenters. The van der Waals surface area contributed by atoms with E-state index in [0.29, 0.717) is 25.8 Å². The van der Waals surface area contributed by atoms with Gasteiger partial charge < -0.3 is 19.7 Å². The fourth-order valence-corrected chi connectivity index (χ4v) is 3.48. The van der Waals surface area contributed by atoms with Crippen LogP contribution in [-0.2, 0) is 9.47 Å². The van der Waals surface area contributed by atoms with E-state index in [4.69, 9.17) is 9.47 Å². The predicted octanol–water partition coefficient (Wildman–Crippen LogP) is 3.18. The lowest BCUT2D eigenvalue weighted by Gasteiger charge is -2.37. The zero-order valence-corrected chi connectivity index (χ0v) is 15.3. The Bertz CT molecular complexity index is 375. The van der Waals surface area contributed by atoms with Crippen LogP contribution in [0.1, 0.15) is 59.8 Å². The summed E-state index contributed by atoms with van der Waals surface area (Å²) >= 11 is 0. The Morgan fingerprint density at radius 1 is 1.35 bits per heavy atom. The van der Waals surface area contributed by atoms with Crippen molar-refractivity contribution >= 4 is 6.09 Å². The lowest BCUT2D eigenvalue weighted by molar-refractivity contribution is -0.0356. The summed E-state index contributed by atoms with van der Waals surface area (Å²) in [5, 5.41) is 3.65. The van der Waals surface area contributed by atoms with Crippen LogP contribution in [0, 0.1) is 5.92 Å². The highest BCUT2D eigenvalue weighted by molar-refractivity contribution is 5.68. The van der Waals surface area contributed by atoms with E-state index in [1.165, 1.54) is 25.7 Å². The van der Waals surface area contributed by atoms with Gasteiger partial charge in [0, 0.05) is 12.6 Å². The maximum absolute atomic E-state index is 12.4. The van der Waals surface area contributed by atoms with Crippen molar-refractivity contribution in [1.82, 2.24) is 10.2 Å². The van der Waals surface area contributed by atoms with Crippen LogP contribution in [0.15, 0.2) is 0 Å². The summed E-state index contributed by atoms with van der Waals surface area (Å²) < 4.78 is 11.1. The zero-order valence-electron chi connectivity index (χ0n) is 15.3. The Labute approximate surface area is 141 Å². The van der Waals surface area contributed by atoms with Gasteiger partial charge in [-0.25, -0.2) is 4.79 Å². The Kier molecular flexibility index (Phi) is 6.72. The van der Waals surface area contributed by atoms with E-state index in [1.807, 2.05) is 25.7 Å². The van der Waals surface area contributed by atoms with Gasteiger partial charge in [-0.1, -0.05) is 12.8 Å². The molecule has 1 aliphatic heterocycles. The number of ether oxygens (including phenoxy) is 2. The van der Waals surface area contributed by atoms with Crippen LogP contribution in [0.5, 0.6) is 0 Å². The van der Waals surface area contributed by atoms with Gasteiger partial charge in [0.15, 0.2) is 0 Å². The smallest absolute Gasteiger partial charge is 0.410 e. The Balaban J connectivity index is 1.81. The van der Waals surface area contributed by atoms with Gasteiger partial charge in [0.05, 0.1) is 19.3 Å². The Morgan fingerprint density at radius 3 is 2.70 bits per heavy atom. The molecule has 1 amide bonds. The lowest BCUT2D eigenvalue weighted by atomic mass is 10.0. The molecule has 0 radical (unpaired) electrons. The number of nitrogens with zero attached hydrogens (tertiary/aromatic N) is 1. The molecule has 134 valence electrons. The second-order valence-corrected chi connectivity index (χ2v) is 8.10. The van der Waals surface area contributed by atoms with Gasteiger partial charge in [-0.2, -0.15) is 0 Å². The minimum Gasteiger partial charge on any atom is -0.444 e. The quantitative estimate of drug-likeness (QED) is 0.843. The van der Waals surface area contributed by atoms with Crippen LogP contribution in [0.25, 0.3) is 0 Å². The standard InChI is InChI=1S/C18H34N2O3/c1-14(19-12-15-7-5-6-8-15)11-16-13-22-10-9-20(16)17(21)23-18(2,3)4/h14-16,19H,5-13H2,1-4H3. The maximum atomic E-state index is 12.4. The van der Waals surface area contributed by atoms with Crippen molar-refractivity contribution in [2.24, 2.45) is 5.92 Å². The number of hydrogen-bond donors (Lipinski definition) is 1. The third-order valence-corrected chi connectivity index (χ3v) is 4.71. The minimum atomic E-state index is -0.452. The summed E-state index contributed by atoms with van der Waals surface area (Å²) in [6.07, 6.45) is 6.17. The van der Waals surface area contributed by atoms with E-state index in [1.54, 1.807) is 0 Å². The number of amides is 1. The van der Waals surface area contributed by atoms with Crippen molar-refractivity contribution in [3.05, 3.63) is 0 Å². The Morgan fingerprint density at radius 2 is 2.04 bits per heavy atom. The zero-order chi connectivity index (χ0) is 16.9. The number of carbonyl (C=O) groups excluding carboxylic acids is 1. The molecule has 0 spiro atoms. The molecule has 23 heavy (non-hydrogen) atoms. The van der Waals surface area contributed by atoms with Gasteiger partial charge in [0.2, 0.25) is 0 Å². The van der Waals surface area contributed by atoms with Gasteiger partial charge in [0.1, 0.15) is 5.60 Å². The second-order valence-electron chi connectivity index (χ2n) is 8.10. The highest BCUT2D eigenvalue weighted by Crippen LogP contribution is 2.24. The van der Waals surface area contributed by atoms with Crippen LogP contribution in [0.4, 0.5) is 4.79 Å². The first-order valence-electron chi connectivity index (χ1n) is 9.16. The largest absolute Gasteiger partial charge is 0.444 e. The van der Waals surface area contributed by atoms with Crippen molar-refractivity contribution in [3.8, 4) is 0 Å². The van der Waals surface area contributed by atoms with E-state index in [-0.39, 0.29) is 12.1 Å². The molecule has 5 nitrogen and oxygen atoms in total. The summed E-state index contributed by atoms with van der Waals surface area (Å²) in [7, 11) is 0. The van der Waals surface area contributed by atoms with Gasteiger partial charge >= 0.3 is 6.09 Å². The molecule has 2 aliphatic rings. The molecule has 5 heteroatoms. The van der Waals surface area contributed by atoms with Gasteiger partial charge in [0.25, 0.3) is 0 Å². The molecule has 0 aromatic rings. The molecule has 2 fully saturated rings. The molecule has 0 bridgehead atoms. The van der Waals surface area contributed by atoms with E-state index in [9.17, 15) is 4.79 Å². The molecule has 1 aliphatic carbocycles. The maximum Gasteiger partial charge on any atom is 0.410 e. The van der Waals surface area contributed by atoms with E-state index < -0.39 is 5.60 Å². The monoisotopic (exact) mass is 326 g/mol. The van der Waals surface area contributed by atoms with Crippen molar-refractivity contribution < 1.29 is 14.3 Å². The summed E-state index contributed by atoms with van der Waals surface area (Å²) in [4.78, 5) is 14.3. The van der Waals surface area contributed by atoms with Gasteiger partial charge in [-0.05, 0) is 59.4 Å². The van der Waals surface area contributed by atoms with Crippen LogP contribution in [-0.4, -0.2) is 55.0 Å². The van der Waals surface area contributed by atoms with Gasteiger partial charge in [-0.3, -0.25) is 0 Å². The molecule has 0 aromatic heterocycles. The summed E-state index contributed by atoms with van der Waals surface area (Å²) in [5.74, 6) is 0.835. The molecule has 2 unspecified atom stereocenters. The number of nitrogens with one attached hydrogen (secondary N) is 1. The topological polar surface area (TPSA) is 50.8 Å². The summed E-state index contributed by atoms with van der Waals surface area (Å²) in [6, 6.07) is 0.483. The Hall–Kier alpha value is -0.810. The number of hydrogen-bond acceptors (Lipinski definition) is 4. The molecular formula is C18H34N2O3. The van der Waals surface area contributed by atoms with E-state index in [2.05, 4.69) is 12.2 Å². The average molecular weight is 326 g/mol. The molecule has 1 saturated carbocycles. The first kappa shape index (κ1) is 18.5. The third kappa shape index (κ3) is 6.30. The SMILES string of the molecule is CC(CC1COCCN1C(=O)OC(C)(C)C)NCC1CCCC1. The highest BCUT2D eigenvalue weighted by atomic mass is 16.6. The normalized spacial score (nSPS) is 24.7. The molecule has 1 saturated heterocycles. The van der Waals surface area contributed by atoms with Crippen LogP contribution in [0.3, 0.4) is 0 Å². The minimum absolute atomic E-state index is 0.102. The van der Waals surface area contributed by atoms with Crippen LogP contribution >= 0.6 is 0 Å². The number of rotatable bonds is 5. The third-order valence-electron chi connectivity index (χ3n) is 4.71. The molecule has 2 rings (SSSR count). The number of morpholine rings is 1. The van der Waals surface area contributed by atoms with Crippen molar-refractivity contribution in [3.63, 3.8) is 0 Å². The van der Waals surface area contributed by atoms with Crippen molar-refractivity contribution in [2.45, 2.75) is 77.5 Å². The molecule has 1 N–H and O–H groups in total.